The van der Waals surface area contributed by atoms with Crippen LogP contribution in [0.3, 0.4) is 0 Å². The largest absolute Gasteiger partial charge is 0.309 e. The van der Waals surface area contributed by atoms with Crippen LogP contribution in [0, 0.1) is 45.3 Å². The first kappa shape index (κ1) is 30.2. The fourth-order valence-electron chi connectivity index (χ4n) is 7.68. The van der Waals surface area contributed by atoms with Crippen LogP contribution in [0.15, 0.2) is 146 Å². The van der Waals surface area contributed by atoms with Crippen LogP contribution in [-0.2, 0) is 0 Å². The molecule has 0 amide bonds. The maximum Gasteiger partial charge on any atom is 0.0998 e. The molecule has 9 rings (SSSR count). The summed E-state index contributed by atoms with van der Waals surface area (Å²) in [5, 5.41) is 44.3. The van der Waals surface area contributed by atoms with Gasteiger partial charge in [0.15, 0.2) is 0 Å². The lowest BCUT2D eigenvalue weighted by Crippen LogP contribution is -1.99. The van der Waals surface area contributed by atoms with Crippen molar-refractivity contribution in [3.05, 3.63) is 168 Å². The van der Waals surface area contributed by atoms with Crippen LogP contribution < -0.4 is 0 Å². The van der Waals surface area contributed by atoms with Crippen molar-refractivity contribution in [1.29, 1.82) is 21.0 Å². The molecule has 0 aliphatic heterocycles. The maximum atomic E-state index is 10.0. The highest BCUT2D eigenvalue weighted by Crippen LogP contribution is 2.40. The van der Waals surface area contributed by atoms with Crippen molar-refractivity contribution in [2.45, 2.75) is 0 Å². The van der Waals surface area contributed by atoms with Crippen LogP contribution in [-0.4, -0.2) is 9.13 Å². The molecule has 0 bridgehead atoms. The Hall–Kier alpha value is -7.90. The molecule has 52 heavy (non-hydrogen) atoms. The van der Waals surface area contributed by atoms with Gasteiger partial charge < -0.3 is 9.13 Å². The normalized spacial score (nSPS) is 11.0. The molecule has 0 saturated heterocycles. The number of hydrogen-bond acceptors (Lipinski definition) is 4. The molecule has 0 fully saturated rings. The van der Waals surface area contributed by atoms with Gasteiger partial charge in [0.05, 0.1) is 68.6 Å². The number of nitriles is 4. The fourth-order valence-corrected chi connectivity index (χ4v) is 7.68. The van der Waals surface area contributed by atoms with Crippen LogP contribution >= 0.6 is 0 Å². The van der Waals surface area contributed by atoms with E-state index < -0.39 is 0 Å². The highest BCUT2D eigenvalue weighted by atomic mass is 15.0. The summed E-state index contributed by atoms with van der Waals surface area (Å²) in [7, 11) is 0. The topological polar surface area (TPSA) is 105 Å². The second kappa shape index (κ2) is 11.9. The summed E-state index contributed by atoms with van der Waals surface area (Å²) in [5.41, 5.74) is 10.4. The van der Waals surface area contributed by atoms with Crippen molar-refractivity contribution < 1.29 is 0 Å². The first-order chi connectivity index (χ1) is 25.6. The summed E-state index contributed by atoms with van der Waals surface area (Å²) in [6, 6.07) is 56.8. The molecular weight excluding hydrogens is 637 g/mol. The maximum absolute atomic E-state index is 10.0. The Balaban J connectivity index is 1.35. The van der Waals surface area contributed by atoms with Crippen molar-refractivity contribution in [3.63, 3.8) is 0 Å². The molecule has 0 aliphatic rings. The summed E-state index contributed by atoms with van der Waals surface area (Å²) in [4.78, 5) is 0. The summed E-state index contributed by atoms with van der Waals surface area (Å²) in [6.45, 7) is 0. The Morgan fingerprint density at radius 3 is 1.29 bits per heavy atom. The standard InChI is InChI=1S/C46H24N6/c47-25-31-8-5-9-32(26-48)45(31)29-19-21-43-40(22-29)39-20-18-30(46-33(27-49)10-6-11-34(46)28-50)23-44(39)52(43)36-13-7-12-35(24-36)51-41-16-3-1-14-37(41)38-15-2-4-17-42(38)51/h1-24H. The molecule has 0 spiro atoms. The van der Waals surface area contributed by atoms with E-state index in [1.54, 1.807) is 36.4 Å². The average molecular weight is 661 g/mol. The van der Waals surface area contributed by atoms with Crippen LogP contribution in [0.5, 0.6) is 0 Å². The van der Waals surface area contributed by atoms with Crippen molar-refractivity contribution in [2.75, 3.05) is 0 Å². The number of benzene rings is 7. The molecule has 238 valence electrons. The Morgan fingerprint density at radius 2 is 0.750 bits per heavy atom. The lowest BCUT2D eigenvalue weighted by Gasteiger charge is -2.14. The first-order valence-corrected chi connectivity index (χ1v) is 16.7. The minimum Gasteiger partial charge on any atom is -0.309 e. The zero-order valence-corrected chi connectivity index (χ0v) is 27.5. The van der Waals surface area contributed by atoms with E-state index in [0.717, 1.165) is 55.3 Å². The van der Waals surface area contributed by atoms with E-state index in [0.29, 0.717) is 33.4 Å². The lowest BCUT2D eigenvalue weighted by molar-refractivity contribution is 1.13. The minimum absolute atomic E-state index is 0.425. The molecule has 2 aromatic heterocycles. The number of nitrogens with zero attached hydrogens (tertiary/aromatic N) is 6. The molecule has 6 heteroatoms. The number of para-hydroxylation sites is 2. The quantitative estimate of drug-likeness (QED) is 0.187. The predicted molar refractivity (Wildman–Crippen MR) is 205 cm³/mol. The van der Waals surface area contributed by atoms with Gasteiger partial charge in [-0.05, 0) is 83.9 Å². The molecule has 9 aromatic rings. The summed E-state index contributed by atoms with van der Waals surface area (Å²) < 4.78 is 4.49. The van der Waals surface area contributed by atoms with Crippen LogP contribution in [0.4, 0.5) is 0 Å². The van der Waals surface area contributed by atoms with Gasteiger partial charge in [-0.1, -0.05) is 72.8 Å². The van der Waals surface area contributed by atoms with Gasteiger partial charge >= 0.3 is 0 Å². The summed E-state index contributed by atoms with van der Waals surface area (Å²) >= 11 is 0. The monoisotopic (exact) mass is 660 g/mol. The molecule has 0 atom stereocenters. The highest BCUT2D eigenvalue weighted by Gasteiger charge is 2.20. The van der Waals surface area contributed by atoms with E-state index in [4.69, 9.17) is 0 Å². The van der Waals surface area contributed by atoms with Crippen molar-refractivity contribution in [1.82, 2.24) is 9.13 Å². The highest BCUT2D eigenvalue weighted by molar-refractivity contribution is 6.12. The number of fused-ring (bicyclic) bond motifs is 6. The van der Waals surface area contributed by atoms with E-state index in [9.17, 15) is 21.0 Å². The van der Waals surface area contributed by atoms with Gasteiger partial charge in [0.25, 0.3) is 0 Å². The van der Waals surface area contributed by atoms with Crippen LogP contribution in [0.1, 0.15) is 22.3 Å². The minimum atomic E-state index is 0.425. The zero-order chi connectivity index (χ0) is 35.3. The smallest absolute Gasteiger partial charge is 0.0998 e. The Kier molecular flexibility index (Phi) is 6.91. The Labute approximate surface area is 298 Å². The molecule has 2 heterocycles. The van der Waals surface area contributed by atoms with Gasteiger partial charge in [-0.15, -0.1) is 0 Å². The van der Waals surface area contributed by atoms with Crippen molar-refractivity contribution >= 4 is 43.6 Å². The lowest BCUT2D eigenvalue weighted by atomic mass is 9.93. The molecule has 0 aliphatic carbocycles. The third kappa shape index (κ3) is 4.47. The van der Waals surface area contributed by atoms with Crippen LogP contribution in [0.2, 0.25) is 0 Å². The number of rotatable bonds is 4. The fraction of sp³-hybridized carbons (Fsp3) is 0. The molecule has 7 aromatic carbocycles. The number of hydrogen-bond donors (Lipinski definition) is 0. The molecule has 6 nitrogen and oxygen atoms in total. The van der Waals surface area contributed by atoms with E-state index in [1.807, 2.05) is 36.4 Å². The Morgan fingerprint density at radius 1 is 0.327 bits per heavy atom. The van der Waals surface area contributed by atoms with E-state index in [2.05, 4.69) is 106 Å². The zero-order valence-electron chi connectivity index (χ0n) is 27.5. The van der Waals surface area contributed by atoms with Gasteiger partial charge in [0.2, 0.25) is 0 Å². The van der Waals surface area contributed by atoms with Gasteiger partial charge in [0.1, 0.15) is 0 Å². The predicted octanol–water partition coefficient (Wildman–Crippen LogP) is 10.7. The average Bonchev–Trinajstić information content (AvgIpc) is 3.72. The molecule has 0 radical (unpaired) electrons. The van der Waals surface area contributed by atoms with Gasteiger partial charge in [-0.2, -0.15) is 21.0 Å². The SMILES string of the molecule is N#Cc1cccc(C#N)c1-c1ccc2c(c1)c1ccc(-c3c(C#N)cccc3C#N)cc1n2-c1cccc(-n2c3ccccc3c3ccccc32)c1. The van der Waals surface area contributed by atoms with Gasteiger partial charge in [-0.25, -0.2) is 0 Å². The summed E-state index contributed by atoms with van der Waals surface area (Å²) in [6.07, 6.45) is 0. The second-order valence-electron chi connectivity index (χ2n) is 12.6. The molecular formula is C46H24N6. The van der Waals surface area contributed by atoms with Crippen LogP contribution in [0.25, 0.3) is 77.2 Å². The molecule has 0 N–H and O–H groups in total. The Bertz CT molecular complexity index is 3010. The van der Waals surface area contributed by atoms with Gasteiger partial charge in [0, 0.05) is 44.0 Å². The molecule has 0 unspecified atom stereocenters. The van der Waals surface area contributed by atoms with Gasteiger partial charge in [-0.3, -0.25) is 0 Å². The van der Waals surface area contributed by atoms with E-state index >= 15 is 0 Å². The summed E-state index contributed by atoms with van der Waals surface area (Å²) in [5.74, 6) is 0. The number of aromatic nitrogens is 2. The van der Waals surface area contributed by atoms with E-state index in [-0.39, 0.29) is 0 Å². The second-order valence-corrected chi connectivity index (χ2v) is 12.6. The third-order valence-electron chi connectivity index (χ3n) is 9.88. The molecule has 0 saturated carbocycles. The first-order valence-electron chi connectivity index (χ1n) is 16.7. The van der Waals surface area contributed by atoms with Crippen molar-refractivity contribution in [3.8, 4) is 57.9 Å². The van der Waals surface area contributed by atoms with E-state index in [1.165, 1.54) is 10.8 Å². The van der Waals surface area contributed by atoms with Crippen molar-refractivity contribution in [2.24, 2.45) is 0 Å². The third-order valence-corrected chi connectivity index (χ3v) is 9.88.